The highest BCUT2D eigenvalue weighted by molar-refractivity contribution is 7.41. The first-order chi connectivity index (χ1) is 33.6. The van der Waals surface area contributed by atoms with Crippen LogP contribution in [0.1, 0.15) is 44.3 Å². The Hall–Kier alpha value is -7.59. The molecule has 0 fully saturated rings. The molecule has 332 valence electrons. The summed E-state index contributed by atoms with van der Waals surface area (Å²) in [5.41, 5.74) is -0.0529. The number of esters is 2. The molecule has 1 unspecified atom stereocenters. The standard InChI is InChI=1S/C55H30N2O8S4/c58-44-33-19-29-15-7-8-16-30(29)20-34(33)45(59)42(44)56-39-23-37-48(67-39)50-41(55(37,53(62)64-25-27-11-3-1-4-12-27)54(63)65-26-28-13-5-2-6-14-28)51-52(69-50)49-38(66-51)24-40(68-49)57-43-46(60)35-21-31-17-9-10-18-32(31)22-36(35)47(43)61/h1-24,46,60H,25-26H2/b57-43+. The zero-order valence-electron chi connectivity index (χ0n) is 35.7. The van der Waals surface area contributed by atoms with Gasteiger partial charge in [-0.15, -0.1) is 45.3 Å². The molecule has 1 N–H and O–H groups in total. The van der Waals surface area contributed by atoms with Crippen LogP contribution in [0.3, 0.4) is 0 Å². The van der Waals surface area contributed by atoms with Crippen molar-refractivity contribution in [3.05, 3.63) is 205 Å². The van der Waals surface area contributed by atoms with Gasteiger partial charge in [0.1, 0.15) is 35.0 Å². The van der Waals surface area contributed by atoms with E-state index in [1.165, 1.54) is 45.3 Å². The number of fused-ring (bicyclic) bond motifs is 11. The maximum atomic E-state index is 15.3. The summed E-state index contributed by atoms with van der Waals surface area (Å²) >= 11 is 5.29. The molecule has 7 aromatic carbocycles. The number of aliphatic hydroxyl groups is 1. The Morgan fingerprint density at radius 3 is 1.72 bits per heavy atom. The van der Waals surface area contributed by atoms with Gasteiger partial charge in [0.15, 0.2) is 5.36 Å². The summed E-state index contributed by atoms with van der Waals surface area (Å²) in [6, 6.07) is 44.0. The second kappa shape index (κ2) is 15.7. The van der Waals surface area contributed by atoms with Crippen molar-refractivity contribution in [1.82, 2.24) is 0 Å². The Morgan fingerprint density at radius 1 is 0.565 bits per heavy atom. The fourth-order valence-electron chi connectivity index (χ4n) is 9.62. The van der Waals surface area contributed by atoms with Crippen molar-refractivity contribution in [2.45, 2.75) is 24.7 Å². The lowest BCUT2D eigenvalue weighted by molar-refractivity contribution is -0.164. The summed E-state index contributed by atoms with van der Waals surface area (Å²) in [6.45, 7) is -0.262. The number of benzene rings is 6. The molecule has 4 aromatic heterocycles. The van der Waals surface area contributed by atoms with Gasteiger partial charge < -0.3 is 14.6 Å². The first-order valence-electron chi connectivity index (χ1n) is 21.8. The highest BCUT2D eigenvalue weighted by atomic mass is 32.1. The number of carbonyl (C=O) groups is 3. The lowest BCUT2D eigenvalue weighted by Crippen LogP contribution is -2.45. The Labute approximate surface area is 405 Å². The molecule has 0 aliphatic heterocycles. The first kappa shape index (κ1) is 41.6. The lowest BCUT2D eigenvalue weighted by Gasteiger charge is -2.26. The van der Waals surface area contributed by atoms with E-state index in [4.69, 9.17) is 19.5 Å². The number of nitrogens with zero attached hydrogens (tertiary/aromatic N) is 2. The third-order valence-corrected chi connectivity index (χ3v) is 17.9. The number of ketones is 1. The van der Waals surface area contributed by atoms with Gasteiger partial charge in [0, 0.05) is 32.2 Å². The van der Waals surface area contributed by atoms with Gasteiger partial charge in [-0.25, -0.2) is 9.98 Å². The van der Waals surface area contributed by atoms with Crippen LogP contribution in [0.5, 0.6) is 0 Å². The van der Waals surface area contributed by atoms with Crippen LogP contribution in [-0.2, 0) is 37.7 Å². The summed E-state index contributed by atoms with van der Waals surface area (Å²) in [7, 11) is 0. The van der Waals surface area contributed by atoms with E-state index in [9.17, 15) is 19.5 Å². The number of thiophene rings is 4. The lowest BCUT2D eigenvalue weighted by atomic mass is 9.79. The summed E-state index contributed by atoms with van der Waals surface area (Å²) in [6.07, 6.45) is -1.20. The molecule has 2 aliphatic rings. The molecule has 1 atom stereocenters. The van der Waals surface area contributed by atoms with E-state index in [2.05, 4.69) is 0 Å². The predicted octanol–water partition coefficient (Wildman–Crippen LogP) is 11.3. The smallest absolute Gasteiger partial charge is 0.333 e. The van der Waals surface area contributed by atoms with Crippen LogP contribution in [-0.4, -0.2) is 28.5 Å². The first-order valence-corrected chi connectivity index (χ1v) is 25.0. The van der Waals surface area contributed by atoms with E-state index in [1.807, 2.05) is 121 Å². The number of aliphatic imine (C=N–C) groups is 1. The van der Waals surface area contributed by atoms with Crippen molar-refractivity contribution in [3.63, 3.8) is 0 Å². The van der Waals surface area contributed by atoms with Crippen molar-refractivity contribution in [1.29, 1.82) is 0 Å². The highest BCUT2D eigenvalue weighted by Crippen LogP contribution is 2.63. The minimum atomic E-state index is -2.14. The van der Waals surface area contributed by atoms with Crippen molar-refractivity contribution >= 4 is 130 Å². The number of hydrogen-bond acceptors (Lipinski definition) is 14. The van der Waals surface area contributed by atoms with E-state index >= 15 is 9.59 Å². The quantitative estimate of drug-likeness (QED) is 0.117. The summed E-state index contributed by atoms with van der Waals surface area (Å²) in [5, 5.41) is 15.9. The van der Waals surface area contributed by atoms with Gasteiger partial charge in [-0.3, -0.25) is 24.0 Å². The van der Waals surface area contributed by atoms with Crippen molar-refractivity contribution in [2.24, 2.45) is 9.98 Å². The number of carbonyl (C=O) groups excluding carboxylic acids is 3. The monoisotopic (exact) mass is 974 g/mol. The van der Waals surface area contributed by atoms with Crippen molar-refractivity contribution < 1.29 is 29.0 Å². The van der Waals surface area contributed by atoms with Gasteiger partial charge in [-0.1, -0.05) is 109 Å². The molecular formula is C55H30N2O8S4. The third-order valence-electron chi connectivity index (χ3n) is 12.9. The summed E-state index contributed by atoms with van der Waals surface area (Å²) in [4.78, 5) is 82.9. The zero-order valence-corrected chi connectivity index (χ0v) is 38.9. The normalized spacial score (nSPS) is 15.4. The van der Waals surface area contributed by atoms with Gasteiger partial charge in [0.2, 0.25) is 22.1 Å². The molecule has 0 saturated heterocycles. The van der Waals surface area contributed by atoms with Crippen LogP contribution in [0.4, 0.5) is 10.0 Å². The van der Waals surface area contributed by atoms with Crippen LogP contribution in [0.15, 0.2) is 165 Å². The molecule has 69 heavy (non-hydrogen) atoms. The molecule has 2 aliphatic carbocycles. The fraction of sp³-hybridized carbons (Fsp3) is 0.0727. The molecule has 0 spiro atoms. The maximum Gasteiger partial charge on any atom is 0.333 e. The van der Waals surface area contributed by atoms with E-state index in [-0.39, 0.29) is 51.4 Å². The SMILES string of the molecule is O=C1/C(=N/c2cc3sc4c5c(sc4c3s2)-c2sc(N=c3c(=O)c4cc6ccccc6cc4c3=O)cc2C5(C(=O)OCc2ccccc2)C(=O)OCc2ccccc2)C(O)c2cc3ccccc3cc21. The van der Waals surface area contributed by atoms with Gasteiger partial charge in [-0.2, -0.15) is 0 Å². The number of Topliss-reactive ketones (excluding diaryl/α,β-unsaturated/α-hetero) is 1. The Balaban J connectivity index is 0.983. The minimum Gasteiger partial charge on any atom is -0.459 e. The number of ether oxygens (including phenoxy) is 2. The molecule has 0 amide bonds. The van der Waals surface area contributed by atoms with Gasteiger partial charge in [0.05, 0.1) is 23.9 Å². The topological polar surface area (TPSA) is 149 Å². The summed E-state index contributed by atoms with van der Waals surface area (Å²) < 4.78 is 15.4. The number of aliphatic hydroxyl groups excluding tert-OH is 1. The third kappa shape index (κ3) is 6.33. The van der Waals surface area contributed by atoms with E-state index in [0.717, 1.165) is 35.6 Å². The largest absolute Gasteiger partial charge is 0.459 e. The van der Waals surface area contributed by atoms with Gasteiger partial charge in [-0.05, 0) is 74.6 Å². The second-order valence-electron chi connectivity index (χ2n) is 16.9. The number of rotatable bonds is 8. The van der Waals surface area contributed by atoms with Crippen LogP contribution in [0, 0.1) is 0 Å². The molecule has 0 bridgehead atoms. The minimum absolute atomic E-state index is 0.0356. The fourth-order valence-corrected chi connectivity index (χ4v) is 15.1. The molecule has 10 nitrogen and oxygen atoms in total. The van der Waals surface area contributed by atoms with Gasteiger partial charge >= 0.3 is 11.9 Å². The van der Waals surface area contributed by atoms with Crippen LogP contribution in [0.2, 0.25) is 0 Å². The molecule has 14 heteroatoms. The maximum absolute atomic E-state index is 15.3. The Bertz CT molecular complexity index is 4100. The Kier molecular flexibility index (Phi) is 9.48. The van der Waals surface area contributed by atoms with Crippen LogP contribution < -0.4 is 16.2 Å². The van der Waals surface area contributed by atoms with Crippen LogP contribution >= 0.6 is 45.3 Å². The second-order valence-corrected chi connectivity index (χ2v) is 21.1. The molecule has 0 radical (unpaired) electrons. The Morgan fingerprint density at radius 2 is 1.12 bits per heavy atom. The van der Waals surface area contributed by atoms with Crippen LogP contribution in [0.25, 0.3) is 60.9 Å². The average Bonchev–Trinajstić information content (AvgIpc) is 4.24. The number of hydrogen-bond donors (Lipinski definition) is 1. The molecule has 13 rings (SSSR count). The van der Waals surface area contributed by atoms with E-state index < -0.39 is 34.3 Å². The summed E-state index contributed by atoms with van der Waals surface area (Å²) in [5.74, 6) is -2.04. The zero-order chi connectivity index (χ0) is 46.7. The molecule has 0 saturated carbocycles. The van der Waals surface area contributed by atoms with E-state index in [0.29, 0.717) is 47.3 Å². The predicted molar refractivity (Wildman–Crippen MR) is 274 cm³/mol. The molecule has 4 heterocycles. The van der Waals surface area contributed by atoms with Crippen molar-refractivity contribution in [2.75, 3.05) is 0 Å². The molecular weight excluding hydrogens is 945 g/mol. The van der Waals surface area contributed by atoms with Gasteiger partial charge in [0.25, 0.3) is 0 Å². The molecule has 11 aromatic rings. The van der Waals surface area contributed by atoms with E-state index in [1.54, 1.807) is 24.3 Å². The highest BCUT2D eigenvalue weighted by Gasteiger charge is 2.61. The van der Waals surface area contributed by atoms with Crippen molar-refractivity contribution in [3.8, 4) is 9.75 Å². The average molecular weight is 975 g/mol.